The quantitative estimate of drug-likeness (QED) is 0.829. The minimum atomic E-state index is -4.51. The summed E-state index contributed by atoms with van der Waals surface area (Å²) in [6, 6.07) is 14.6. The van der Waals surface area contributed by atoms with Crippen molar-refractivity contribution in [1.82, 2.24) is 4.90 Å². The lowest BCUT2D eigenvalue weighted by molar-refractivity contribution is 0.165. The van der Waals surface area contributed by atoms with E-state index in [0.717, 1.165) is 5.56 Å². The number of hydrogen-bond acceptors (Lipinski definition) is 2. The van der Waals surface area contributed by atoms with Gasteiger partial charge in [-0.15, -0.1) is 0 Å². The Hall–Kier alpha value is -1.52. The Balaban J connectivity index is 2.41. The topological polar surface area (TPSA) is 60.8 Å². The van der Waals surface area contributed by atoms with E-state index in [-0.39, 0.29) is 0 Å². The fourth-order valence-corrected chi connectivity index (χ4v) is 3.39. The molecule has 0 aliphatic carbocycles. The highest BCUT2D eigenvalue weighted by molar-refractivity contribution is 7.53. The standard InChI is InChI=1S/C16H19FNO3P/c1-16(22(19,20)21,14-8-10-15(17)11-9-14)18(2)12-13-6-4-3-5-7-13/h3-11H,12H2,1-2H3,(H2,19,20,21). The van der Waals surface area contributed by atoms with E-state index < -0.39 is 18.7 Å². The number of nitrogens with zero attached hydrogens (tertiary/aromatic N) is 1. The first-order valence-electron chi connectivity index (χ1n) is 6.82. The maximum Gasteiger partial charge on any atom is 0.349 e. The summed E-state index contributed by atoms with van der Waals surface area (Å²) in [6.07, 6.45) is 0. The van der Waals surface area contributed by atoms with Crippen LogP contribution < -0.4 is 0 Å². The molecule has 22 heavy (non-hydrogen) atoms. The largest absolute Gasteiger partial charge is 0.349 e. The Morgan fingerprint density at radius 1 is 1.09 bits per heavy atom. The van der Waals surface area contributed by atoms with Crippen molar-refractivity contribution < 1.29 is 18.7 Å². The van der Waals surface area contributed by atoms with Crippen LogP contribution in [0.1, 0.15) is 18.1 Å². The number of benzene rings is 2. The second kappa shape index (κ2) is 6.31. The first-order chi connectivity index (χ1) is 10.2. The smallest absolute Gasteiger partial charge is 0.323 e. The van der Waals surface area contributed by atoms with Crippen LogP contribution >= 0.6 is 7.60 Å². The predicted octanol–water partition coefficient (Wildman–Crippen LogP) is 3.31. The molecule has 0 bridgehead atoms. The van der Waals surface area contributed by atoms with Crippen LogP contribution in [-0.2, 0) is 16.4 Å². The van der Waals surface area contributed by atoms with Gasteiger partial charge in [0.25, 0.3) is 0 Å². The van der Waals surface area contributed by atoms with Crippen molar-refractivity contribution in [2.75, 3.05) is 7.05 Å². The maximum absolute atomic E-state index is 13.1. The molecule has 1 unspecified atom stereocenters. The Bertz CT molecular complexity index is 672. The molecule has 0 amide bonds. The SMILES string of the molecule is CN(Cc1ccccc1)C(C)(c1ccc(F)cc1)P(=O)(O)O. The van der Waals surface area contributed by atoms with E-state index >= 15 is 0 Å². The monoisotopic (exact) mass is 323 g/mol. The van der Waals surface area contributed by atoms with Crippen molar-refractivity contribution in [3.63, 3.8) is 0 Å². The minimum Gasteiger partial charge on any atom is -0.323 e. The zero-order valence-corrected chi connectivity index (χ0v) is 13.4. The average molecular weight is 323 g/mol. The van der Waals surface area contributed by atoms with Gasteiger partial charge < -0.3 is 9.79 Å². The number of hydrogen-bond donors (Lipinski definition) is 2. The summed E-state index contributed by atoms with van der Waals surface area (Å²) >= 11 is 0. The van der Waals surface area contributed by atoms with Crippen molar-refractivity contribution in [2.24, 2.45) is 0 Å². The molecule has 2 aromatic carbocycles. The van der Waals surface area contributed by atoms with Crippen molar-refractivity contribution in [1.29, 1.82) is 0 Å². The van der Waals surface area contributed by atoms with E-state index in [4.69, 9.17) is 0 Å². The molecule has 0 spiro atoms. The molecule has 2 N–H and O–H groups in total. The molecular formula is C16H19FNO3P. The number of halogens is 1. The minimum absolute atomic E-state index is 0.361. The van der Waals surface area contributed by atoms with Crippen molar-refractivity contribution in [2.45, 2.75) is 18.7 Å². The molecule has 0 aromatic heterocycles. The molecule has 0 radical (unpaired) electrons. The summed E-state index contributed by atoms with van der Waals surface area (Å²) in [7, 11) is -2.87. The normalized spacial score (nSPS) is 14.8. The Morgan fingerprint density at radius 2 is 1.64 bits per heavy atom. The molecule has 0 aliphatic rings. The van der Waals surface area contributed by atoms with Gasteiger partial charge in [0.15, 0.2) is 0 Å². The molecule has 4 nitrogen and oxygen atoms in total. The van der Waals surface area contributed by atoms with Gasteiger partial charge in [-0.3, -0.25) is 9.46 Å². The van der Waals surface area contributed by atoms with Crippen LogP contribution in [0.25, 0.3) is 0 Å². The van der Waals surface area contributed by atoms with Gasteiger partial charge in [-0.1, -0.05) is 42.5 Å². The summed E-state index contributed by atoms with van der Waals surface area (Å²) < 4.78 is 25.2. The third kappa shape index (κ3) is 3.28. The molecule has 2 aromatic rings. The van der Waals surface area contributed by atoms with Crippen LogP contribution in [0.5, 0.6) is 0 Å². The van der Waals surface area contributed by atoms with Crippen molar-refractivity contribution in [3.05, 3.63) is 71.5 Å². The zero-order valence-electron chi connectivity index (χ0n) is 12.5. The average Bonchev–Trinajstić information content (AvgIpc) is 2.47. The second-order valence-electron chi connectivity index (χ2n) is 5.41. The van der Waals surface area contributed by atoms with Crippen LogP contribution in [0.4, 0.5) is 4.39 Å². The predicted molar refractivity (Wildman–Crippen MR) is 83.7 cm³/mol. The van der Waals surface area contributed by atoms with Crippen LogP contribution in [0.3, 0.4) is 0 Å². The fourth-order valence-electron chi connectivity index (χ4n) is 2.39. The molecule has 2 rings (SSSR count). The van der Waals surface area contributed by atoms with Crippen LogP contribution in [0.15, 0.2) is 54.6 Å². The van der Waals surface area contributed by atoms with Gasteiger partial charge in [-0.2, -0.15) is 0 Å². The molecule has 0 saturated carbocycles. The Morgan fingerprint density at radius 3 is 2.14 bits per heavy atom. The lowest BCUT2D eigenvalue weighted by Crippen LogP contribution is -2.40. The van der Waals surface area contributed by atoms with E-state index in [1.807, 2.05) is 30.3 Å². The van der Waals surface area contributed by atoms with E-state index in [1.165, 1.54) is 31.2 Å². The number of rotatable bonds is 5. The fraction of sp³-hybridized carbons (Fsp3) is 0.250. The molecule has 118 valence electrons. The highest BCUT2D eigenvalue weighted by Gasteiger charge is 2.47. The Kier molecular flexibility index (Phi) is 4.83. The lowest BCUT2D eigenvalue weighted by Gasteiger charge is -2.39. The lowest BCUT2D eigenvalue weighted by atomic mass is 10.1. The molecule has 0 aliphatic heterocycles. The van der Waals surface area contributed by atoms with E-state index in [1.54, 1.807) is 11.9 Å². The van der Waals surface area contributed by atoms with E-state index in [2.05, 4.69) is 0 Å². The van der Waals surface area contributed by atoms with Gasteiger partial charge in [0.05, 0.1) is 0 Å². The van der Waals surface area contributed by atoms with Gasteiger partial charge in [-0.25, -0.2) is 4.39 Å². The van der Waals surface area contributed by atoms with Crippen LogP contribution in [-0.4, -0.2) is 21.7 Å². The molecule has 0 fully saturated rings. The van der Waals surface area contributed by atoms with Crippen molar-refractivity contribution in [3.8, 4) is 0 Å². The van der Waals surface area contributed by atoms with Gasteiger partial charge in [-0.05, 0) is 37.2 Å². The zero-order chi connectivity index (χ0) is 16.4. The second-order valence-corrected chi connectivity index (χ2v) is 7.37. The molecular weight excluding hydrogens is 304 g/mol. The third-order valence-corrected chi connectivity index (χ3v) is 5.70. The van der Waals surface area contributed by atoms with E-state index in [9.17, 15) is 18.7 Å². The molecule has 0 saturated heterocycles. The first-order valence-corrected chi connectivity index (χ1v) is 8.43. The highest BCUT2D eigenvalue weighted by Crippen LogP contribution is 2.58. The van der Waals surface area contributed by atoms with Crippen LogP contribution in [0.2, 0.25) is 0 Å². The van der Waals surface area contributed by atoms with Gasteiger partial charge in [0, 0.05) is 6.54 Å². The van der Waals surface area contributed by atoms with E-state index in [0.29, 0.717) is 12.1 Å². The third-order valence-electron chi connectivity index (χ3n) is 3.96. The summed E-state index contributed by atoms with van der Waals surface area (Å²) in [4.78, 5) is 21.4. The van der Waals surface area contributed by atoms with Gasteiger partial charge in [0.2, 0.25) is 0 Å². The maximum atomic E-state index is 13.1. The molecule has 6 heteroatoms. The molecule has 1 atom stereocenters. The molecule has 0 heterocycles. The summed E-state index contributed by atoms with van der Waals surface area (Å²) in [5.74, 6) is -0.442. The van der Waals surface area contributed by atoms with Crippen LogP contribution in [0, 0.1) is 5.82 Å². The van der Waals surface area contributed by atoms with Gasteiger partial charge in [0.1, 0.15) is 11.1 Å². The Labute approximate surface area is 129 Å². The van der Waals surface area contributed by atoms with Gasteiger partial charge >= 0.3 is 7.60 Å². The highest BCUT2D eigenvalue weighted by atomic mass is 31.2. The summed E-state index contributed by atoms with van der Waals surface area (Å²) in [5.41, 5.74) is 1.31. The van der Waals surface area contributed by atoms with Crippen molar-refractivity contribution >= 4 is 7.60 Å². The summed E-state index contributed by atoms with van der Waals surface area (Å²) in [5, 5.41) is -1.53. The first kappa shape index (κ1) is 16.8. The summed E-state index contributed by atoms with van der Waals surface area (Å²) in [6.45, 7) is 1.84.